The van der Waals surface area contributed by atoms with Crippen molar-refractivity contribution in [2.75, 3.05) is 31.5 Å². The summed E-state index contributed by atoms with van der Waals surface area (Å²) in [6, 6.07) is 13.4. The van der Waals surface area contributed by atoms with E-state index in [9.17, 15) is 9.59 Å². The Morgan fingerprint density at radius 1 is 1.14 bits per heavy atom. The van der Waals surface area contributed by atoms with Crippen LogP contribution < -0.4 is 10.6 Å². The number of carbonyl (C=O) groups is 2. The molecule has 2 aromatic carbocycles. The van der Waals surface area contributed by atoms with Gasteiger partial charge in [-0.1, -0.05) is 42.3 Å². The zero-order chi connectivity index (χ0) is 24.4. The first kappa shape index (κ1) is 23.4. The monoisotopic (exact) mass is 488 g/mol. The summed E-state index contributed by atoms with van der Waals surface area (Å²) in [5, 5.41) is 6.64. The van der Waals surface area contributed by atoms with Gasteiger partial charge >= 0.3 is 0 Å². The van der Waals surface area contributed by atoms with Crippen LogP contribution in [0.15, 0.2) is 48.7 Å². The molecule has 0 spiro atoms. The van der Waals surface area contributed by atoms with Crippen molar-refractivity contribution in [3.63, 3.8) is 0 Å². The Kier molecular flexibility index (Phi) is 6.75. The van der Waals surface area contributed by atoms with Crippen LogP contribution in [0.1, 0.15) is 46.4 Å². The van der Waals surface area contributed by atoms with Gasteiger partial charge in [0.1, 0.15) is 0 Å². The Bertz CT molecular complexity index is 1300. The van der Waals surface area contributed by atoms with Gasteiger partial charge in [-0.2, -0.15) is 0 Å². The predicted molar refractivity (Wildman–Crippen MR) is 142 cm³/mol. The zero-order valence-corrected chi connectivity index (χ0v) is 20.5. The quantitative estimate of drug-likeness (QED) is 0.409. The van der Waals surface area contributed by atoms with Crippen LogP contribution in [-0.2, 0) is 4.79 Å². The molecule has 3 heterocycles. The number of aromatic nitrogens is 1. The first-order valence-electron chi connectivity index (χ1n) is 12.1. The molecule has 0 atom stereocenters. The topological polar surface area (TPSA) is 77.2 Å². The number of halogens is 1. The average Bonchev–Trinajstić information content (AvgIpc) is 3.39. The van der Waals surface area contributed by atoms with Crippen molar-refractivity contribution in [3.05, 3.63) is 76.1 Å². The number of nitrogens with one attached hydrogen (secondary N) is 3. The molecule has 2 amide bonds. The fraction of sp³-hybridized carbons (Fsp3) is 0.286. The van der Waals surface area contributed by atoms with E-state index < -0.39 is 0 Å². The Balaban J connectivity index is 1.38. The minimum atomic E-state index is -0.170. The molecule has 2 aliphatic heterocycles. The summed E-state index contributed by atoms with van der Waals surface area (Å²) in [6.07, 6.45) is 7.31. The molecule has 0 unspecified atom stereocenters. The predicted octanol–water partition coefficient (Wildman–Crippen LogP) is 5.35. The van der Waals surface area contributed by atoms with Gasteiger partial charge < -0.3 is 20.5 Å². The number of likely N-dealkylation sites (tertiary alicyclic amines) is 1. The molecule has 0 bridgehead atoms. The molecule has 6 nitrogen and oxygen atoms in total. The van der Waals surface area contributed by atoms with Gasteiger partial charge in [-0.15, -0.1) is 0 Å². The number of aromatic amines is 1. The van der Waals surface area contributed by atoms with Crippen molar-refractivity contribution < 1.29 is 9.59 Å². The molecule has 1 aromatic heterocycles. The smallest absolute Gasteiger partial charge is 0.256 e. The summed E-state index contributed by atoms with van der Waals surface area (Å²) in [5.41, 5.74) is 6.16. The summed E-state index contributed by atoms with van der Waals surface area (Å²) >= 11 is 6.23. The van der Waals surface area contributed by atoms with E-state index in [1.54, 1.807) is 6.20 Å². The number of H-pyrrole nitrogens is 1. The van der Waals surface area contributed by atoms with Crippen LogP contribution in [0.5, 0.6) is 0 Å². The number of piperidine rings is 1. The van der Waals surface area contributed by atoms with Crippen molar-refractivity contribution >= 4 is 40.8 Å². The molecule has 0 aliphatic carbocycles. The van der Waals surface area contributed by atoms with Crippen LogP contribution in [0.2, 0.25) is 5.02 Å². The van der Waals surface area contributed by atoms with E-state index in [1.165, 1.54) is 19.3 Å². The van der Waals surface area contributed by atoms with E-state index in [2.05, 4.69) is 20.5 Å². The van der Waals surface area contributed by atoms with Crippen LogP contribution in [0.4, 0.5) is 5.69 Å². The Hall–Kier alpha value is -3.35. The van der Waals surface area contributed by atoms with Crippen LogP contribution in [0.3, 0.4) is 0 Å². The highest BCUT2D eigenvalue weighted by atomic mass is 35.5. The fourth-order valence-electron chi connectivity index (χ4n) is 4.93. The molecule has 180 valence electrons. The number of benzene rings is 2. The minimum Gasteiger partial charge on any atom is -0.361 e. The second kappa shape index (κ2) is 10.1. The highest BCUT2D eigenvalue weighted by Crippen LogP contribution is 2.41. The molecule has 5 rings (SSSR count). The van der Waals surface area contributed by atoms with Crippen LogP contribution in [-0.4, -0.2) is 47.9 Å². The number of anilines is 1. The lowest BCUT2D eigenvalue weighted by molar-refractivity contribution is -0.110. The Morgan fingerprint density at radius 3 is 2.74 bits per heavy atom. The van der Waals surface area contributed by atoms with Gasteiger partial charge in [0.25, 0.3) is 11.8 Å². The molecule has 0 saturated carbocycles. The van der Waals surface area contributed by atoms with E-state index in [4.69, 9.17) is 11.6 Å². The van der Waals surface area contributed by atoms with E-state index in [-0.39, 0.29) is 11.8 Å². The van der Waals surface area contributed by atoms with Gasteiger partial charge in [-0.25, -0.2) is 0 Å². The number of rotatable bonds is 6. The first-order valence-corrected chi connectivity index (χ1v) is 12.5. The fourth-order valence-corrected chi connectivity index (χ4v) is 5.12. The summed E-state index contributed by atoms with van der Waals surface area (Å²) in [5.74, 6) is -0.271. The van der Waals surface area contributed by atoms with E-state index >= 15 is 0 Å². The maximum Gasteiger partial charge on any atom is 0.256 e. The first-order chi connectivity index (χ1) is 17.0. The summed E-state index contributed by atoms with van der Waals surface area (Å²) in [7, 11) is 0. The zero-order valence-electron chi connectivity index (χ0n) is 19.8. The third-order valence-electron chi connectivity index (χ3n) is 6.84. The highest BCUT2D eigenvalue weighted by Gasteiger charge is 2.28. The average molecular weight is 489 g/mol. The highest BCUT2D eigenvalue weighted by molar-refractivity contribution is 6.36. The second-order valence-corrected chi connectivity index (χ2v) is 9.59. The molecule has 1 fully saturated rings. The van der Waals surface area contributed by atoms with E-state index in [0.29, 0.717) is 22.7 Å². The van der Waals surface area contributed by atoms with Crippen molar-refractivity contribution in [3.8, 4) is 11.1 Å². The van der Waals surface area contributed by atoms with Crippen molar-refractivity contribution in [1.29, 1.82) is 0 Å². The number of carbonyl (C=O) groups excluding carboxylic acids is 2. The lowest BCUT2D eigenvalue weighted by atomic mass is 9.94. The van der Waals surface area contributed by atoms with Gasteiger partial charge in [0.2, 0.25) is 0 Å². The summed E-state index contributed by atoms with van der Waals surface area (Å²) in [6.45, 7) is 5.61. The number of hydrogen-bond donors (Lipinski definition) is 3. The lowest BCUT2D eigenvalue weighted by Crippen LogP contribution is -2.37. The molecule has 2 aliphatic rings. The number of hydrogen-bond acceptors (Lipinski definition) is 3. The van der Waals surface area contributed by atoms with E-state index in [1.807, 2.05) is 55.5 Å². The lowest BCUT2D eigenvalue weighted by Gasteiger charge is -2.26. The normalized spacial score (nSPS) is 16.9. The van der Waals surface area contributed by atoms with Gasteiger partial charge in [-0.05, 0) is 73.8 Å². The standard InChI is InChI=1S/C28H29ClN4O2/c1-18-23(27(34)30-11-14-33-12-3-2-4-13-33)17-31-25(18)16-22-26-21(19-7-5-8-20(29)15-19)9-6-10-24(26)32-28(22)35/h5-10,15-17,31H,2-4,11-14H2,1H3,(H,30,34)(H,32,35)/b22-16-. The maximum atomic E-state index is 12.9. The van der Waals surface area contributed by atoms with Gasteiger partial charge in [-0.3, -0.25) is 9.59 Å². The number of amides is 2. The molecule has 35 heavy (non-hydrogen) atoms. The third-order valence-corrected chi connectivity index (χ3v) is 7.07. The molecule has 1 saturated heterocycles. The maximum absolute atomic E-state index is 12.9. The van der Waals surface area contributed by atoms with Crippen LogP contribution in [0, 0.1) is 6.92 Å². The molecule has 3 N–H and O–H groups in total. The van der Waals surface area contributed by atoms with Gasteiger partial charge in [0.05, 0.1) is 11.1 Å². The third kappa shape index (κ3) is 4.90. The second-order valence-electron chi connectivity index (χ2n) is 9.15. The van der Waals surface area contributed by atoms with E-state index in [0.717, 1.165) is 53.3 Å². The minimum absolute atomic E-state index is 0.101. The molecule has 7 heteroatoms. The van der Waals surface area contributed by atoms with Gasteiger partial charge in [0.15, 0.2) is 0 Å². The number of nitrogens with zero attached hydrogens (tertiary/aromatic N) is 1. The number of fused-ring (bicyclic) bond motifs is 1. The van der Waals surface area contributed by atoms with Crippen molar-refractivity contribution in [2.45, 2.75) is 26.2 Å². The molecular formula is C28H29ClN4O2. The molecule has 3 aromatic rings. The Morgan fingerprint density at radius 2 is 1.94 bits per heavy atom. The molecule has 0 radical (unpaired) electrons. The SMILES string of the molecule is Cc1c(C(=O)NCCN2CCCCC2)c[nH]c1/C=C1\C(=O)Nc2cccc(-c3cccc(Cl)c3)c21. The summed E-state index contributed by atoms with van der Waals surface area (Å²) in [4.78, 5) is 31.3. The van der Waals surface area contributed by atoms with Crippen LogP contribution >= 0.6 is 11.6 Å². The molecular weight excluding hydrogens is 460 g/mol. The van der Waals surface area contributed by atoms with Crippen LogP contribution in [0.25, 0.3) is 22.8 Å². The summed E-state index contributed by atoms with van der Waals surface area (Å²) < 4.78 is 0. The Labute approximate surface area is 210 Å². The van der Waals surface area contributed by atoms with Crippen molar-refractivity contribution in [2.24, 2.45) is 0 Å². The van der Waals surface area contributed by atoms with Gasteiger partial charge in [0, 0.05) is 41.3 Å². The largest absolute Gasteiger partial charge is 0.361 e. The van der Waals surface area contributed by atoms with Crippen molar-refractivity contribution in [1.82, 2.24) is 15.2 Å².